The van der Waals surface area contributed by atoms with Crippen LogP contribution in [0.2, 0.25) is 13.1 Å². The van der Waals surface area contributed by atoms with Crippen molar-refractivity contribution in [3.05, 3.63) is 30.3 Å². The number of benzene rings is 1. The molecule has 3 heteroatoms. The molecule has 0 amide bonds. The Balaban J connectivity index is 0.00000121. The second kappa shape index (κ2) is 5.11. The van der Waals surface area contributed by atoms with Gasteiger partial charge in [-0.2, -0.15) is 0 Å². The van der Waals surface area contributed by atoms with Crippen LogP contribution in [-0.4, -0.2) is 14.2 Å². The Morgan fingerprint density at radius 1 is 1.17 bits per heavy atom. The number of nitrogens with two attached hydrogens (primary N) is 1. The van der Waals surface area contributed by atoms with Crippen molar-refractivity contribution in [1.29, 1.82) is 0 Å². The van der Waals surface area contributed by atoms with E-state index in [1.165, 1.54) is 5.19 Å². The average Bonchev–Trinajstić information content (AvgIpc) is 2.06. The van der Waals surface area contributed by atoms with E-state index in [2.05, 4.69) is 37.4 Å². The van der Waals surface area contributed by atoms with E-state index in [1.54, 1.807) is 0 Å². The summed E-state index contributed by atoms with van der Waals surface area (Å²) in [6, 6.07) is 10.6. The molecule has 0 saturated heterocycles. The molecule has 1 nitrogen and oxygen atoms in total. The van der Waals surface area contributed by atoms with E-state index in [1.807, 2.05) is 6.07 Å². The molecule has 0 saturated carbocycles. The Bertz CT molecular complexity index is 223. The van der Waals surface area contributed by atoms with E-state index in [0.717, 1.165) is 6.17 Å². The molecule has 1 rings (SSSR count). The zero-order valence-electron chi connectivity index (χ0n) is 7.67. The van der Waals surface area contributed by atoms with Gasteiger partial charge in [0.15, 0.2) is 0 Å². The summed E-state index contributed by atoms with van der Waals surface area (Å²) in [5, 5.41) is 1.45. The maximum Gasteiger partial charge on any atom is 0.0942 e. The molecule has 12 heavy (non-hydrogen) atoms. The van der Waals surface area contributed by atoms with Crippen LogP contribution in [0.5, 0.6) is 0 Å². The zero-order chi connectivity index (χ0) is 8.32. The second-order valence-corrected chi connectivity index (χ2v) is 8.21. The number of hydrogen-bond donors (Lipinski definition) is 1. The van der Waals surface area contributed by atoms with Crippen LogP contribution in [0.25, 0.3) is 0 Å². The Morgan fingerprint density at radius 3 is 2.08 bits per heavy atom. The summed E-state index contributed by atoms with van der Waals surface area (Å²) < 4.78 is 0. The smallest absolute Gasteiger partial charge is 0.0942 e. The van der Waals surface area contributed by atoms with Gasteiger partial charge in [0.25, 0.3) is 0 Å². The van der Waals surface area contributed by atoms with Crippen molar-refractivity contribution in [2.24, 2.45) is 5.73 Å². The predicted molar refractivity (Wildman–Crippen MR) is 52.6 cm³/mol. The molecule has 0 spiro atoms. The first-order valence-electron chi connectivity index (χ1n) is 3.92. The molecule has 0 aromatic heterocycles. The van der Waals surface area contributed by atoms with Crippen LogP contribution in [0.4, 0.5) is 0 Å². The molecule has 0 aliphatic heterocycles. The first-order chi connectivity index (χ1) is 5.17. The van der Waals surface area contributed by atoms with Crippen LogP contribution in [0.15, 0.2) is 30.3 Å². The molecule has 0 bridgehead atoms. The van der Waals surface area contributed by atoms with E-state index < -0.39 is 8.07 Å². The van der Waals surface area contributed by atoms with Crippen LogP contribution in [0.3, 0.4) is 0 Å². The molecule has 1 aromatic carbocycles. The maximum absolute atomic E-state index is 5.70. The Hall–Kier alpha value is 0.280. The quantitative estimate of drug-likeness (QED) is 0.788. The van der Waals surface area contributed by atoms with Gasteiger partial charge < -0.3 is 5.73 Å². The summed E-state index contributed by atoms with van der Waals surface area (Å²) in [5.41, 5.74) is 5.70. The summed E-state index contributed by atoms with van der Waals surface area (Å²) in [7, 11) is -1.28. The van der Waals surface area contributed by atoms with Gasteiger partial charge in [-0.3, -0.25) is 0 Å². The van der Waals surface area contributed by atoms with Crippen molar-refractivity contribution in [2.45, 2.75) is 13.1 Å². The summed E-state index contributed by atoms with van der Waals surface area (Å²) in [6.45, 7) is 4.59. The summed E-state index contributed by atoms with van der Waals surface area (Å²) >= 11 is 0. The van der Waals surface area contributed by atoms with Gasteiger partial charge in [0.1, 0.15) is 0 Å². The molecule has 0 fully saturated rings. The molecule has 0 heterocycles. The largest absolute Gasteiger partial charge is 0.333 e. The molecule has 0 aliphatic carbocycles. The van der Waals surface area contributed by atoms with Crippen molar-refractivity contribution in [2.75, 3.05) is 6.17 Å². The number of rotatable bonds is 2. The average molecular weight is 257 g/mol. The molecule has 1 aromatic rings. The van der Waals surface area contributed by atoms with E-state index in [-0.39, 0.29) is 26.2 Å². The minimum absolute atomic E-state index is 0. The normalized spacial score (nSPS) is 10.6. The van der Waals surface area contributed by atoms with E-state index in [0.29, 0.717) is 0 Å². The fourth-order valence-electron chi connectivity index (χ4n) is 1.01. The maximum atomic E-state index is 5.70. The monoisotopic (exact) mass is 255 g/mol. The van der Waals surface area contributed by atoms with Gasteiger partial charge in [0, 0.05) is 26.2 Å². The van der Waals surface area contributed by atoms with Crippen molar-refractivity contribution < 1.29 is 26.2 Å². The molecule has 0 radical (unpaired) electrons. The summed E-state index contributed by atoms with van der Waals surface area (Å²) in [4.78, 5) is 0. The van der Waals surface area contributed by atoms with Gasteiger partial charge in [0.05, 0.1) is 8.07 Å². The van der Waals surface area contributed by atoms with Gasteiger partial charge in [0.2, 0.25) is 0 Å². The summed E-state index contributed by atoms with van der Waals surface area (Å²) in [6.07, 6.45) is 0.830. The summed E-state index contributed by atoms with van der Waals surface area (Å²) in [5.74, 6) is 0. The SMILES string of the molecule is C[Si](C)(CN)c1ccccc1.[Zr]. The van der Waals surface area contributed by atoms with E-state index in [9.17, 15) is 0 Å². The van der Waals surface area contributed by atoms with Crippen LogP contribution >= 0.6 is 0 Å². The fourth-order valence-corrected chi connectivity index (χ4v) is 2.34. The van der Waals surface area contributed by atoms with Crippen molar-refractivity contribution in [3.8, 4) is 0 Å². The second-order valence-electron chi connectivity index (χ2n) is 3.45. The molecule has 0 aliphatic rings. The Morgan fingerprint density at radius 2 is 1.67 bits per heavy atom. The number of hydrogen-bond acceptors (Lipinski definition) is 1. The van der Waals surface area contributed by atoms with E-state index >= 15 is 0 Å². The van der Waals surface area contributed by atoms with Crippen LogP contribution in [0.1, 0.15) is 0 Å². The third-order valence-electron chi connectivity index (χ3n) is 2.07. The van der Waals surface area contributed by atoms with Crippen molar-refractivity contribution in [1.82, 2.24) is 0 Å². The van der Waals surface area contributed by atoms with Crippen LogP contribution in [0, 0.1) is 0 Å². The zero-order valence-corrected chi connectivity index (χ0v) is 11.1. The molecular weight excluding hydrogens is 241 g/mol. The standard InChI is InChI=1S/C9H15NSi.Zr/c1-11(2,8-10)9-6-4-3-5-7-9;/h3-7H,8,10H2,1-2H3;. The first-order valence-corrected chi connectivity index (χ1v) is 7.13. The molecular formula is C9H15NSiZr. The van der Waals surface area contributed by atoms with E-state index in [4.69, 9.17) is 5.73 Å². The first kappa shape index (κ1) is 12.3. The van der Waals surface area contributed by atoms with Gasteiger partial charge in [-0.15, -0.1) is 0 Å². The third-order valence-corrected chi connectivity index (χ3v) is 4.98. The minimum Gasteiger partial charge on any atom is -0.333 e. The molecule has 0 unspecified atom stereocenters. The van der Waals surface area contributed by atoms with Gasteiger partial charge in [-0.05, 0) is 6.17 Å². The Kier molecular flexibility index (Phi) is 5.22. The van der Waals surface area contributed by atoms with Gasteiger partial charge in [-0.1, -0.05) is 48.6 Å². The van der Waals surface area contributed by atoms with Crippen molar-refractivity contribution >= 4 is 13.3 Å². The molecule has 64 valence electrons. The van der Waals surface area contributed by atoms with Gasteiger partial charge in [-0.25, -0.2) is 0 Å². The van der Waals surface area contributed by atoms with Crippen LogP contribution < -0.4 is 10.9 Å². The minimum atomic E-state index is -1.28. The van der Waals surface area contributed by atoms with Crippen molar-refractivity contribution in [3.63, 3.8) is 0 Å². The van der Waals surface area contributed by atoms with Gasteiger partial charge >= 0.3 is 0 Å². The van der Waals surface area contributed by atoms with Crippen LogP contribution in [-0.2, 0) is 26.2 Å². The third kappa shape index (κ3) is 2.96. The fraction of sp³-hybridized carbons (Fsp3) is 0.333. The predicted octanol–water partition coefficient (Wildman–Crippen LogP) is 1.10. The Labute approximate surface area is 94.5 Å². The molecule has 0 atom stereocenters. The molecule has 2 N–H and O–H groups in total. The topological polar surface area (TPSA) is 26.0 Å².